The van der Waals surface area contributed by atoms with Crippen molar-refractivity contribution in [3.8, 4) is 11.5 Å². The number of thioether (sulfide) groups is 1. The predicted molar refractivity (Wildman–Crippen MR) is 94.8 cm³/mol. The molecule has 1 atom stereocenters. The predicted octanol–water partition coefficient (Wildman–Crippen LogP) is 3.93. The number of carbonyl (C=O) groups excluding carboxylic acids is 1. The molecule has 24 heavy (non-hydrogen) atoms. The summed E-state index contributed by atoms with van der Waals surface area (Å²) in [4.78, 5) is 14.5. The van der Waals surface area contributed by atoms with E-state index in [1.54, 1.807) is 0 Å². The van der Waals surface area contributed by atoms with Crippen LogP contribution in [0.3, 0.4) is 0 Å². The highest BCUT2D eigenvalue weighted by Crippen LogP contribution is 2.26. The van der Waals surface area contributed by atoms with Crippen LogP contribution in [-0.2, 0) is 4.79 Å². The van der Waals surface area contributed by atoms with Gasteiger partial charge < -0.3 is 9.32 Å². The standard InChI is InChI=1S/C18H23N3O2S/c1-3-14-9-6-7-11-21(14)16(22)12-24-18-20-19-17(23-18)15-10-5-4-8-13(15)2/h4-5,8,10,14H,3,6-7,9,11-12H2,1-2H3. The van der Waals surface area contributed by atoms with Gasteiger partial charge in [-0.15, -0.1) is 10.2 Å². The summed E-state index contributed by atoms with van der Waals surface area (Å²) < 4.78 is 5.71. The van der Waals surface area contributed by atoms with Crippen LogP contribution >= 0.6 is 11.8 Å². The lowest BCUT2D eigenvalue weighted by Crippen LogP contribution is -2.44. The highest BCUT2D eigenvalue weighted by molar-refractivity contribution is 7.99. The van der Waals surface area contributed by atoms with Crippen LogP contribution in [0.5, 0.6) is 0 Å². The molecule has 0 radical (unpaired) electrons. The van der Waals surface area contributed by atoms with Crippen LogP contribution in [0.15, 0.2) is 33.9 Å². The van der Waals surface area contributed by atoms with Crippen molar-refractivity contribution >= 4 is 17.7 Å². The van der Waals surface area contributed by atoms with Gasteiger partial charge in [-0.25, -0.2) is 0 Å². The number of hydrogen-bond acceptors (Lipinski definition) is 5. The summed E-state index contributed by atoms with van der Waals surface area (Å²) in [6.45, 7) is 5.03. The minimum Gasteiger partial charge on any atom is -0.411 e. The number of benzene rings is 1. The summed E-state index contributed by atoms with van der Waals surface area (Å²) in [7, 11) is 0. The fourth-order valence-electron chi connectivity index (χ4n) is 3.15. The molecule has 0 spiro atoms. The Labute approximate surface area is 146 Å². The van der Waals surface area contributed by atoms with Gasteiger partial charge in [-0.2, -0.15) is 0 Å². The second kappa shape index (κ2) is 7.83. The van der Waals surface area contributed by atoms with Gasteiger partial charge in [0.25, 0.3) is 5.22 Å². The van der Waals surface area contributed by atoms with Crippen LogP contribution in [0.1, 0.15) is 38.2 Å². The molecule has 2 heterocycles. The molecular formula is C18H23N3O2S. The highest BCUT2D eigenvalue weighted by Gasteiger charge is 2.25. The molecule has 1 unspecified atom stereocenters. The van der Waals surface area contributed by atoms with E-state index in [1.165, 1.54) is 18.2 Å². The van der Waals surface area contributed by atoms with Gasteiger partial charge in [-0.3, -0.25) is 4.79 Å². The Morgan fingerprint density at radius 2 is 2.17 bits per heavy atom. The van der Waals surface area contributed by atoms with Crippen molar-refractivity contribution in [2.45, 2.75) is 50.8 Å². The van der Waals surface area contributed by atoms with E-state index in [0.717, 1.165) is 36.9 Å². The molecule has 1 saturated heterocycles. The highest BCUT2D eigenvalue weighted by atomic mass is 32.2. The molecule has 0 saturated carbocycles. The molecule has 0 aliphatic carbocycles. The van der Waals surface area contributed by atoms with Crippen LogP contribution in [0.25, 0.3) is 11.5 Å². The lowest BCUT2D eigenvalue weighted by atomic mass is 10.0. The molecule has 1 aromatic heterocycles. The molecule has 128 valence electrons. The number of rotatable bonds is 5. The molecule has 1 aliphatic heterocycles. The second-order valence-corrected chi connectivity index (χ2v) is 7.05. The quantitative estimate of drug-likeness (QED) is 0.769. The van der Waals surface area contributed by atoms with Gasteiger partial charge in [0.15, 0.2) is 0 Å². The molecule has 1 fully saturated rings. The molecule has 3 rings (SSSR count). The van der Waals surface area contributed by atoms with E-state index in [1.807, 2.05) is 36.1 Å². The van der Waals surface area contributed by atoms with E-state index in [9.17, 15) is 4.79 Å². The number of carbonyl (C=O) groups is 1. The van der Waals surface area contributed by atoms with Gasteiger partial charge in [-0.05, 0) is 44.2 Å². The Kier molecular flexibility index (Phi) is 5.56. The molecule has 6 heteroatoms. The number of amides is 1. The number of piperidine rings is 1. The van der Waals surface area contributed by atoms with E-state index < -0.39 is 0 Å². The molecule has 5 nitrogen and oxygen atoms in total. The summed E-state index contributed by atoms with van der Waals surface area (Å²) in [5, 5.41) is 8.62. The SMILES string of the molecule is CCC1CCCCN1C(=O)CSc1nnc(-c2ccccc2C)o1. The van der Waals surface area contributed by atoms with Gasteiger partial charge in [-0.1, -0.05) is 36.9 Å². The third-order valence-electron chi connectivity index (χ3n) is 4.52. The van der Waals surface area contributed by atoms with Crippen molar-refractivity contribution in [2.75, 3.05) is 12.3 Å². The Morgan fingerprint density at radius 1 is 1.33 bits per heavy atom. The van der Waals surface area contributed by atoms with Crippen molar-refractivity contribution in [1.29, 1.82) is 0 Å². The average Bonchev–Trinajstić information content (AvgIpc) is 3.08. The largest absolute Gasteiger partial charge is 0.411 e. The fourth-order valence-corrected chi connectivity index (χ4v) is 3.80. The molecule has 0 N–H and O–H groups in total. The van der Waals surface area contributed by atoms with Crippen molar-refractivity contribution in [3.63, 3.8) is 0 Å². The van der Waals surface area contributed by atoms with E-state index >= 15 is 0 Å². The van der Waals surface area contributed by atoms with Crippen molar-refractivity contribution in [3.05, 3.63) is 29.8 Å². The molecule has 1 aliphatic rings. The van der Waals surface area contributed by atoms with Crippen LogP contribution in [0.4, 0.5) is 0 Å². The van der Waals surface area contributed by atoms with Crippen LogP contribution < -0.4 is 0 Å². The summed E-state index contributed by atoms with van der Waals surface area (Å²) in [6, 6.07) is 8.28. The summed E-state index contributed by atoms with van der Waals surface area (Å²) >= 11 is 1.32. The number of hydrogen-bond donors (Lipinski definition) is 0. The zero-order valence-electron chi connectivity index (χ0n) is 14.2. The maximum absolute atomic E-state index is 12.5. The maximum atomic E-state index is 12.5. The monoisotopic (exact) mass is 345 g/mol. The fraction of sp³-hybridized carbons (Fsp3) is 0.500. The first kappa shape index (κ1) is 17.0. The van der Waals surface area contributed by atoms with Gasteiger partial charge in [0, 0.05) is 18.2 Å². The van der Waals surface area contributed by atoms with Crippen molar-refractivity contribution < 1.29 is 9.21 Å². The summed E-state index contributed by atoms with van der Waals surface area (Å²) in [6.07, 6.45) is 4.46. The van der Waals surface area contributed by atoms with Gasteiger partial charge in [0.2, 0.25) is 11.8 Å². The Morgan fingerprint density at radius 3 is 2.96 bits per heavy atom. The van der Waals surface area contributed by atoms with Gasteiger partial charge in [0.05, 0.1) is 5.75 Å². The normalized spacial score (nSPS) is 17.9. The van der Waals surface area contributed by atoms with E-state index in [4.69, 9.17) is 4.42 Å². The van der Waals surface area contributed by atoms with Crippen LogP contribution in [0, 0.1) is 6.92 Å². The van der Waals surface area contributed by atoms with Gasteiger partial charge >= 0.3 is 0 Å². The number of nitrogens with zero attached hydrogens (tertiary/aromatic N) is 3. The van der Waals surface area contributed by atoms with Crippen molar-refractivity contribution in [2.24, 2.45) is 0 Å². The first-order valence-corrected chi connectivity index (χ1v) is 9.49. The second-order valence-electron chi connectivity index (χ2n) is 6.12. The lowest BCUT2D eigenvalue weighted by molar-refractivity contribution is -0.132. The molecule has 0 bridgehead atoms. The minimum atomic E-state index is 0.169. The zero-order valence-corrected chi connectivity index (χ0v) is 15.0. The first-order chi connectivity index (χ1) is 11.7. The topological polar surface area (TPSA) is 59.2 Å². The summed E-state index contributed by atoms with van der Waals surface area (Å²) in [5.41, 5.74) is 2.03. The van der Waals surface area contributed by atoms with Crippen molar-refractivity contribution in [1.82, 2.24) is 15.1 Å². The average molecular weight is 345 g/mol. The summed E-state index contributed by atoms with van der Waals surface area (Å²) in [5.74, 6) is 1.03. The smallest absolute Gasteiger partial charge is 0.277 e. The molecule has 1 amide bonds. The van der Waals surface area contributed by atoms with E-state index in [0.29, 0.717) is 22.9 Å². The van der Waals surface area contributed by atoms with Gasteiger partial charge in [0.1, 0.15) is 0 Å². The number of aryl methyl sites for hydroxylation is 1. The Hall–Kier alpha value is -1.82. The van der Waals surface area contributed by atoms with Crippen LogP contribution in [0.2, 0.25) is 0 Å². The molecule has 1 aromatic carbocycles. The Balaban J connectivity index is 1.61. The molecule has 2 aromatic rings. The van der Waals surface area contributed by atoms with E-state index in [2.05, 4.69) is 17.1 Å². The Bertz CT molecular complexity index is 701. The lowest BCUT2D eigenvalue weighted by Gasteiger charge is -2.35. The maximum Gasteiger partial charge on any atom is 0.277 e. The zero-order chi connectivity index (χ0) is 16.9. The minimum absolute atomic E-state index is 0.169. The van der Waals surface area contributed by atoms with E-state index in [-0.39, 0.29) is 5.91 Å². The van der Waals surface area contributed by atoms with Crippen LogP contribution in [-0.4, -0.2) is 39.3 Å². The third kappa shape index (κ3) is 3.80. The molecular weight excluding hydrogens is 322 g/mol. The number of aromatic nitrogens is 2. The third-order valence-corrected chi connectivity index (χ3v) is 5.32. The number of likely N-dealkylation sites (tertiary alicyclic amines) is 1. The first-order valence-electron chi connectivity index (χ1n) is 8.50.